The van der Waals surface area contributed by atoms with E-state index in [2.05, 4.69) is 5.32 Å². The molecule has 0 saturated heterocycles. The zero-order valence-corrected chi connectivity index (χ0v) is 8.51. The number of hydrogen-bond acceptors (Lipinski definition) is 2. The largest absolute Gasteiger partial charge is 0.480 e. The van der Waals surface area contributed by atoms with Gasteiger partial charge in [0.15, 0.2) is 0 Å². The van der Waals surface area contributed by atoms with Crippen molar-refractivity contribution in [3.05, 3.63) is 0 Å². The van der Waals surface area contributed by atoms with Crippen molar-refractivity contribution in [3.63, 3.8) is 0 Å². The lowest BCUT2D eigenvalue weighted by Gasteiger charge is -2.33. The third-order valence-corrected chi connectivity index (χ3v) is 2.82. The highest BCUT2D eigenvalue weighted by atomic mass is 16.4. The topological polar surface area (TPSA) is 66.4 Å². The van der Waals surface area contributed by atoms with Crippen LogP contribution in [0.15, 0.2) is 0 Å². The van der Waals surface area contributed by atoms with Gasteiger partial charge in [-0.3, -0.25) is 4.79 Å². The van der Waals surface area contributed by atoms with Crippen LogP contribution >= 0.6 is 0 Å². The summed E-state index contributed by atoms with van der Waals surface area (Å²) in [6.45, 7) is 1.73. The van der Waals surface area contributed by atoms with Crippen LogP contribution in [0.1, 0.15) is 45.4 Å². The molecule has 1 saturated carbocycles. The number of nitrogens with one attached hydrogen (secondary N) is 1. The summed E-state index contributed by atoms with van der Waals surface area (Å²) < 4.78 is 0. The Balaban J connectivity index is 2.70. The van der Waals surface area contributed by atoms with Gasteiger partial charge in [0, 0.05) is 6.42 Å². The Labute approximate surface area is 83.7 Å². The molecule has 1 aliphatic carbocycles. The van der Waals surface area contributed by atoms with Crippen molar-refractivity contribution in [2.75, 3.05) is 0 Å². The first-order valence-corrected chi connectivity index (χ1v) is 5.15. The second kappa shape index (κ2) is 4.44. The van der Waals surface area contributed by atoms with Crippen LogP contribution in [0.25, 0.3) is 0 Å². The zero-order valence-electron chi connectivity index (χ0n) is 8.51. The fourth-order valence-electron chi connectivity index (χ4n) is 1.90. The standard InChI is InChI=1S/C10H17NO3/c1-2-8(12)11-10(9(13)14)6-4-3-5-7-10/h2-7H2,1H3,(H,11,12)(H,13,14). The van der Waals surface area contributed by atoms with Crippen molar-refractivity contribution in [1.29, 1.82) is 0 Å². The van der Waals surface area contributed by atoms with Crippen LogP contribution in [-0.2, 0) is 9.59 Å². The van der Waals surface area contributed by atoms with Gasteiger partial charge < -0.3 is 10.4 Å². The van der Waals surface area contributed by atoms with Crippen molar-refractivity contribution in [2.24, 2.45) is 0 Å². The first-order chi connectivity index (χ1) is 6.60. The summed E-state index contributed by atoms with van der Waals surface area (Å²) in [5.41, 5.74) is -0.981. The lowest BCUT2D eigenvalue weighted by atomic mass is 9.81. The molecule has 0 radical (unpaired) electrons. The van der Waals surface area contributed by atoms with Crippen molar-refractivity contribution in [1.82, 2.24) is 5.32 Å². The van der Waals surface area contributed by atoms with E-state index in [1.807, 2.05) is 0 Å². The molecule has 0 unspecified atom stereocenters. The maximum Gasteiger partial charge on any atom is 0.329 e. The molecule has 1 amide bonds. The molecule has 0 aromatic rings. The molecule has 80 valence electrons. The summed E-state index contributed by atoms with van der Waals surface area (Å²) in [6, 6.07) is 0. The van der Waals surface area contributed by atoms with Crippen LogP contribution < -0.4 is 5.32 Å². The monoisotopic (exact) mass is 199 g/mol. The van der Waals surface area contributed by atoms with Gasteiger partial charge in [-0.15, -0.1) is 0 Å². The second-order valence-electron chi connectivity index (χ2n) is 3.85. The van der Waals surface area contributed by atoms with E-state index < -0.39 is 11.5 Å². The molecule has 0 aliphatic heterocycles. The quantitative estimate of drug-likeness (QED) is 0.720. The normalized spacial score (nSPS) is 20.1. The number of hydrogen-bond donors (Lipinski definition) is 2. The van der Waals surface area contributed by atoms with Crippen LogP contribution in [0.4, 0.5) is 0 Å². The molecule has 0 aromatic heterocycles. The molecule has 0 bridgehead atoms. The predicted molar refractivity (Wildman–Crippen MR) is 51.9 cm³/mol. The van der Waals surface area contributed by atoms with E-state index in [0.717, 1.165) is 19.3 Å². The molecule has 4 nitrogen and oxygen atoms in total. The van der Waals surface area contributed by atoms with Crippen LogP contribution in [0.2, 0.25) is 0 Å². The fourth-order valence-corrected chi connectivity index (χ4v) is 1.90. The van der Waals surface area contributed by atoms with Gasteiger partial charge in [0.1, 0.15) is 5.54 Å². The highest BCUT2D eigenvalue weighted by molar-refractivity contribution is 5.86. The van der Waals surface area contributed by atoms with E-state index in [1.165, 1.54) is 0 Å². The number of carboxylic acid groups (broad SMARTS) is 1. The van der Waals surface area contributed by atoms with E-state index in [1.54, 1.807) is 6.92 Å². The highest BCUT2D eigenvalue weighted by Gasteiger charge is 2.40. The molecule has 0 heterocycles. The average Bonchev–Trinajstić information content (AvgIpc) is 2.19. The van der Waals surface area contributed by atoms with Crippen LogP contribution in [-0.4, -0.2) is 22.5 Å². The molecular weight excluding hydrogens is 182 g/mol. The van der Waals surface area contributed by atoms with Gasteiger partial charge in [0.2, 0.25) is 5.91 Å². The Kier molecular flexibility index (Phi) is 3.49. The highest BCUT2D eigenvalue weighted by Crippen LogP contribution is 2.28. The van der Waals surface area contributed by atoms with Gasteiger partial charge >= 0.3 is 5.97 Å². The van der Waals surface area contributed by atoms with Gasteiger partial charge in [-0.25, -0.2) is 4.79 Å². The first-order valence-electron chi connectivity index (χ1n) is 5.15. The Morgan fingerprint density at radius 1 is 1.29 bits per heavy atom. The minimum Gasteiger partial charge on any atom is -0.480 e. The Morgan fingerprint density at radius 2 is 1.86 bits per heavy atom. The summed E-state index contributed by atoms with van der Waals surface area (Å²) in [6.07, 6.45) is 4.31. The molecule has 1 fully saturated rings. The van der Waals surface area contributed by atoms with E-state index in [9.17, 15) is 9.59 Å². The Morgan fingerprint density at radius 3 is 2.29 bits per heavy atom. The zero-order chi connectivity index (χ0) is 10.6. The molecular formula is C10H17NO3. The molecule has 0 aromatic carbocycles. The van der Waals surface area contributed by atoms with Crippen LogP contribution in [0, 0.1) is 0 Å². The van der Waals surface area contributed by atoms with E-state index in [0.29, 0.717) is 19.3 Å². The van der Waals surface area contributed by atoms with E-state index in [-0.39, 0.29) is 5.91 Å². The van der Waals surface area contributed by atoms with Gasteiger partial charge in [0.25, 0.3) is 0 Å². The third-order valence-electron chi connectivity index (χ3n) is 2.82. The van der Waals surface area contributed by atoms with Crippen molar-refractivity contribution in [3.8, 4) is 0 Å². The molecule has 14 heavy (non-hydrogen) atoms. The molecule has 2 N–H and O–H groups in total. The SMILES string of the molecule is CCC(=O)NC1(C(=O)O)CCCCC1. The maximum atomic E-state index is 11.2. The average molecular weight is 199 g/mol. The number of rotatable bonds is 3. The van der Waals surface area contributed by atoms with Crippen molar-refractivity contribution < 1.29 is 14.7 Å². The predicted octanol–water partition coefficient (Wildman–Crippen LogP) is 1.30. The minimum atomic E-state index is -0.981. The lowest BCUT2D eigenvalue weighted by molar-refractivity contribution is -0.149. The number of carbonyl (C=O) groups is 2. The minimum absolute atomic E-state index is 0.172. The molecule has 1 rings (SSSR count). The number of aliphatic carboxylic acids is 1. The molecule has 4 heteroatoms. The van der Waals surface area contributed by atoms with Crippen LogP contribution in [0.5, 0.6) is 0 Å². The third kappa shape index (κ3) is 2.25. The smallest absolute Gasteiger partial charge is 0.329 e. The summed E-state index contributed by atoms with van der Waals surface area (Å²) in [5, 5.41) is 11.8. The van der Waals surface area contributed by atoms with Crippen molar-refractivity contribution in [2.45, 2.75) is 51.0 Å². The summed E-state index contributed by atoms with van der Waals surface area (Å²) >= 11 is 0. The lowest BCUT2D eigenvalue weighted by Crippen LogP contribution is -2.55. The Hall–Kier alpha value is -1.06. The van der Waals surface area contributed by atoms with Crippen LogP contribution in [0.3, 0.4) is 0 Å². The Bertz CT molecular complexity index is 232. The van der Waals surface area contributed by atoms with Gasteiger partial charge in [-0.1, -0.05) is 26.2 Å². The van der Waals surface area contributed by atoms with Gasteiger partial charge in [-0.05, 0) is 12.8 Å². The molecule has 0 atom stereocenters. The van der Waals surface area contributed by atoms with Gasteiger partial charge in [-0.2, -0.15) is 0 Å². The van der Waals surface area contributed by atoms with Crippen molar-refractivity contribution >= 4 is 11.9 Å². The summed E-state index contributed by atoms with van der Waals surface area (Å²) in [4.78, 5) is 22.3. The number of carbonyl (C=O) groups excluding carboxylic acids is 1. The molecule has 1 aliphatic rings. The summed E-state index contributed by atoms with van der Waals surface area (Å²) in [7, 11) is 0. The van der Waals surface area contributed by atoms with E-state index in [4.69, 9.17) is 5.11 Å². The van der Waals surface area contributed by atoms with E-state index >= 15 is 0 Å². The second-order valence-corrected chi connectivity index (χ2v) is 3.85. The number of amides is 1. The molecule has 0 spiro atoms. The first kappa shape index (κ1) is 11.0. The summed E-state index contributed by atoms with van der Waals surface area (Å²) in [5.74, 6) is -1.06. The maximum absolute atomic E-state index is 11.2. The van der Waals surface area contributed by atoms with Gasteiger partial charge in [0.05, 0.1) is 0 Å². The fraction of sp³-hybridized carbons (Fsp3) is 0.800. The number of carboxylic acids is 1.